The van der Waals surface area contributed by atoms with Gasteiger partial charge in [0.15, 0.2) is 0 Å². The topological polar surface area (TPSA) is 54.0 Å². The highest BCUT2D eigenvalue weighted by atomic mass is 16.1. The molecule has 2 N–H and O–H groups in total. The summed E-state index contributed by atoms with van der Waals surface area (Å²) in [6, 6.07) is 11.6. The van der Waals surface area contributed by atoms with Crippen molar-refractivity contribution in [1.29, 1.82) is 0 Å². The SMILES string of the molecule is CNC(=O)c1ccc(CNCc2ncccc2C)cc1. The molecule has 0 aliphatic heterocycles. The van der Waals surface area contributed by atoms with E-state index >= 15 is 0 Å². The standard InChI is InChI=1S/C16H19N3O/c1-12-4-3-9-19-15(12)11-18-10-13-5-7-14(8-6-13)16(20)17-2/h3-9,18H,10-11H2,1-2H3,(H,17,20). The summed E-state index contributed by atoms with van der Waals surface area (Å²) in [5.41, 5.74) is 4.08. The third-order valence-electron chi connectivity index (χ3n) is 3.18. The van der Waals surface area contributed by atoms with Crippen molar-refractivity contribution in [3.8, 4) is 0 Å². The number of rotatable bonds is 5. The quantitative estimate of drug-likeness (QED) is 0.873. The Morgan fingerprint density at radius 2 is 1.90 bits per heavy atom. The van der Waals surface area contributed by atoms with Crippen LogP contribution >= 0.6 is 0 Å². The molecule has 20 heavy (non-hydrogen) atoms. The van der Waals surface area contributed by atoms with Crippen molar-refractivity contribution in [2.45, 2.75) is 20.0 Å². The van der Waals surface area contributed by atoms with Crippen molar-refractivity contribution in [3.05, 3.63) is 65.0 Å². The highest BCUT2D eigenvalue weighted by molar-refractivity contribution is 5.93. The lowest BCUT2D eigenvalue weighted by atomic mass is 10.1. The molecular weight excluding hydrogens is 250 g/mol. The molecule has 0 atom stereocenters. The molecule has 2 rings (SSSR count). The van der Waals surface area contributed by atoms with Crippen LogP contribution < -0.4 is 10.6 Å². The van der Waals surface area contributed by atoms with E-state index in [2.05, 4.69) is 28.6 Å². The van der Waals surface area contributed by atoms with E-state index in [0.29, 0.717) is 5.56 Å². The lowest BCUT2D eigenvalue weighted by Gasteiger charge is -2.07. The lowest BCUT2D eigenvalue weighted by molar-refractivity contribution is 0.0963. The molecule has 4 heteroatoms. The molecule has 0 spiro atoms. The maximum absolute atomic E-state index is 11.4. The van der Waals surface area contributed by atoms with Crippen molar-refractivity contribution < 1.29 is 4.79 Å². The van der Waals surface area contributed by atoms with E-state index in [9.17, 15) is 4.79 Å². The van der Waals surface area contributed by atoms with Gasteiger partial charge in [0.1, 0.15) is 0 Å². The fraction of sp³-hybridized carbons (Fsp3) is 0.250. The van der Waals surface area contributed by atoms with E-state index in [1.54, 1.807) is 7.05 Å². The predicted molar refractivity (Wildman–Crippen MR) is 79.3 cm³/mol. The molecule has 0 aliphatic carbocycles. The van der Waals surface area contributed by atoms with Crippen LogP contribution in [0.3, 0.4) is 0 Å². The van der Waals surface area contributed by atoms with Crippen molar-refractivity contribution >= 4 is 5.91 Å². The Morgan fingerprint density at radius 1 is 1.15 bits per heavy atom. The molecule has 1 heterocycles. The highest BCUT2D eigenvalue weighted by Gasteiger charge is 2.02. The van der Waals surface area contributed by atoms with E-state index in [4.69, 9.17) is 0 Å². The van der Waals surface area contributed by atoms with Crippen LogP contribution in [0.5, 0.6) is 0 Å². The largest absolute Gasteiger partial charge is 0.355 e. The summed E-state index contributed by atoms with van der Waals surface area (Å²) in [7, 11) is 1.63. The van der Waals surface area contributed by atoms with Crippen LogP contribution in [0.4, 0.5) is 0 Å². The normalized spacial score (nSPS) is 10.3. The van der Waals surface area contributed by atoms with Crippen molar-refractivity contribution in [2.24, 2.45) is 0 Å². The zero-order valence-corrected chi connectivity index (χ0v) is 11.8. The molecule has 1 aromatic carbocycles. The molecule has 0 bridgehead atoms. The Bertz CT molecular complexity index is 579. The van der Waals surface area contributed by atoms with Gasteiger partial charge in [-0.2, -0.15) is 0 Å². The Kier molecular flexibility index (Phi) is 4.85. The fourth-order valence-corrected chi connectivity index (χ4v) is 1.95. The van der Waals surface area contributed by atoms with Gasteiger partial charge >= 0.3 is 0 Å². The molecule has 0 saturated heterocycles. The van der Waals surface area contributed by atoms with E-state index in [1.807, 2.05) is 36.5 Å². The van der Waals surface area contributed by atoms with Crippen molar-refractivity contribution in [3.63, 3.8) is 0 Å². The van der Waals surface area contributed by atoms with Crippen LogP contribution in [0, 0.1) is 6.92 Å². The molecule has 0 radical (unpaired) electrons. The summed E-state index contributed by atoms with van der Waals surface area (Å²) in [6.07, 6.45) is 1.81. The van der Waals surface area contributed by atoms with E-state index in [-0.39, 0.29) is 5.91 Å². The molecule has 0 saturated carbocycles. The van der Waals surface area contributed by atoms with Crippen LogP contribution in [-0.4, -0.2) is 17.9 Å². The second-order valence-corrected chi connectivity index (χ2v) is 4.65. The van der Waals surface area contributed by atoms with E-state index < -0.39 is 0 Å². The van der Waals surface area contributed by atoms with Gasteiger partial charge in [0.25, 0.3) is 5.91 Å². The molecule has 0 fully saturated rings. The zero-order valence-electron chi connectivity index (χ0n) is 11.8. The first-order chi connectivity index (χ1) is 9.70. The summed E-state index contributed by atoms with van der Waals surface area (Å²) in [4.78, 5) is 15.8. The van der Waals surface area contributed by atoms with Crippen LogP contribution in [0.1, 0.15) is 27.2 Å². The second kappa shape index (κ2) is 6.82. The van der Waals surface area contributed by atoms with Gasteiger partial charge in [0, 0.05) is 31.9 Å². The Morgan fingerprint density at radius 3 is 2.55 bits per heavy atom. The highest BCUT2D eigenvalue weighted by Crippen LogP contribution is 2.06. The molecule has 0 aliphatic rings. The number of aromatic nitrogens is 1. The van der Waals surface area contributed by atoms with Gasteiger partial charge in [-0.15, -0.1) is 0 Å². The first kappa shape index (κ1) is 14.2. The zero-order chi connectivity index (χ0) is 14.4. The van der Waals surface area contributed by atoms with Gasteiger partial charge in [0.2, 0.25) is 0 Å². The second-order valence-electron chi connectivity index (χ2n) is 4.65. The lowest BCUT2D eigenvalue weighted by Crippen LogP contribution is -2.18. The monoisotopic (exact) mass is 269 g/mol. The van der Waals surface area contributed by atoms with Crippen molar-refractivity contribution in [1.82, 2.24) is 15.6 Å². The molecule has 2 aromatic rings. The fourth-order valence-electron chi connectivity index (χ4n) is 1.95. The van der Waals surface area contributed by atoms with Gasteiger partial charge in [-0.3, -0.25) is 9.78 Å². The Hall–Kier alpha value is -2.20. The third-order valence-corrected chi connectivity index (χ3v) is 3.18. The van der Waals surface area contributed by atoms with Crippen LogP contribution in [-0.2, 0) is 13.1 Å². The number of nitrogens with zero attached hydrogens (tertiary/aromatic N) is 1. The number of pyridine rings is 1. The number of hydrogen-bond acceptors (Lipinski definition) is 3. The smallest absolute Gasteiger partial charge is 0.251 e. The number of nitrogens with one attached hydrogen (secondary N) is 2. The average molecular weight is 269 g/mol. The van der Waals surface area contributed by atoms with Gasteiger partial charge in [-0.05, 0) is 36.2 Å². The van der Waals surface area contributed by atoms with Crippen LogP contribution in [0.2, 0.25) is 0 Å². The molecule has 0 unspecified atom stereocenters. The summed E-state index contributed by atoms with van der Waals surface area (Å²) >= 11 is 0. The van der Waals surface area contributed by atoms with E-state index in [1.165, 1.54) is 5.56 Å². The van der Waals surface area contributed by atoms with E-state index in [0.717, 1.165) is 24.3 Å². The third kappa shape index (κ3) is 3.65. The summed E-state index contributed by atoms with van der Waals surface area (Å²) in [5, 5.41) is 5.97. The number of carbonyl (C=O) groups excluding carboxylic acids is 1. The van der Waals surface area contributed by atoms with Gasteiger partial charge in [-0.1, -0.05) is 18.2 Å². The van der Waals surface area contributed by atoms with Gasteiger partial charge < -0.3 is 10.6 Å². The Labute approximate surface area is 119 Å². The summed E-state index contributed by atoms with van der Waals surface area (Å²) < 4.78 is 0. The first-order valence-electron chi connectivity index (χ1n) is 6.63. The number of benzene rings is 1. The number of aryl methyl sites for hydroxylation is 1. The van der Waals surface area contributed by atoms with Crippen molar-refractivity contribution in [2.75, 3.05) is 7.05 Å². The predicted octanol–water partition coefficient (Wildman–Crippen LogP) is 2.04. The number of hydrogen-bond donors (Lipinski definition) is 2. The maximum Gasteiger partial charge on any atom is 0.251 e. The minimum atomic E-state index is -0.0615. The minimum Gasteiger partial charge on any atom is -0.355 e. The molecule has 1 amide bonds. The van der Waals surface area contributed by atoms with Crippen LogP contribution in [0.15, 0.2) is 42.6 Å². The molecule has 4 nitrogen and oxygen atoms in total. The maximum atomic E-state index is 11.4. The number of carbonyl (C=O) groups is 1. The minimum absolute atomic E-state index is 0.0615. The van der Waals surface area contributed by atoms with Gasteiger partial charge in [-0.25, -0.2) is 0 Å². The number of amides is 1. The molecular formula is C16H19N3O. The van der Waals surface area contributed by atoms with Gasteiger partial charge in [0.05, 0.1) is 5.69 Å². The summed E-state index contributed by atoms with van der Waals surface area (Å²) in [6.45, 7) is 3.55. The van der Waals surface area contributed by atoms with Crippen LogP contribution in [0.25, 0.3) is 0 Å². The molecule has 104 valence electrons. The Balaban J connectivity index is 1.88. The first-order valence-corrected chi connectivity index (χ1v) is 6.63. The summed E-state index contributed by atoms with van der Waals surface area (Å²) in [5.74, 6) is -0.0615. The average Bonchev–Trinajstić information content (AvgIpc) is 2.49. The molecule has 1 aromatic heterocycles.